The maximum Gasteiger partial charge on any atom is 0.265 e. The fourth-order valence-corrected chi connectivity index (χ4v) is 2.95. The molecule has 2 unspecified atom stereocenters. The van der Waals surface area contributed by atoms with Crippen LogP contribution >= 0.6 is 15.9 Å². The van der Waals surface area contributed by atoms with Crippen molar-refractivity contribution in [2.45, 2.75) is 45.1 Å². The molecule has 1 heterocycles. The SMILES string of the molecule is CCC1CCC(c2nc(COC)c(Br)c(=O)[nH]2)C1. The molecule has 5 heteroatoms. The van der Waals surface area contributed by atoms with Gasteiger partial charge in [0.2, 0.25) is 0 Å². The molecule has 100 valence electrons. The average Bonchev–Trinajstić information content (AvgIpc) is 2.83. The second kappa shape index (κ2) is 5.97. The number of hydrogen-bond acceptors (Lipinski definition) is 3. The summed E-state index contributed by atoms with van der Waals surface area (Å²) in [6.45, 7) is 2.59. The van der Waals surface area contributed by atoms with Crippen LogP contribution < -0.4 is 5.56 Å². The zero-order valence-electron chi connectivity index (χ0n) is 10.8. The fourth-order valence-electron chi connectivity index (χ4n) is 2.64. The summed E-state index contributed by atoms with van der Waals surface area (Å²) in [6, 6.07) is 0. The summed E-state index contributed by atoms with van der Waals surface area (Å²) in [7, 11) is 1.61. The van der Waals surface area contributed by atoms with E-state index < -0.39 is 0 Å². The molecule has 18 heavy (non-hydrogen) atoms. The van der Waals surface area contributed by atoms with Crippen molar-refractivity contribution < 1.29 is 4.74 Å². The summed E-state index contributed by atoms with van der Waals surface area (Å²) in [5.41, 5.74) is 0.586. The predicted molar refractivity (Wildman–Crippen MR) is 73.6 cm³/mol. The van der Waals surface area contributed by atoms with Crippen LogP contribution in [-0.4, -0.2) is 17.1 Å². The van der Waals surface area contributed by atoms with Crippen LogP contribution in [0.1, 0.15) is 50.0 Å². The van der Waals surface area contributed by atoms with E-state index in [4.69, 9.17) is 4.74 Å². The predicted octanol–water partition coefficient (Wildman–Crippen LogP) is 2.97. The van der Waals surface area contributed by atoms with Crippen molar-refractivity contribution in [2.24, 2.45) is 5.92 Å². The molecule has 4 nitrogen and oxygen atoms in total. The van der Waals surface area contributed by atoms with E-state index >= 15 is 0 Å². The van der Waals surface area contributed by atoms with E-state index in [1.165, 1.54) is 12.8 Å². The first-order chi connectivity index (χ1) is 8.65. The molecule has 0 spiro atoms. The van der Waals surface area contributed by atoms with Crippen LogP contribution in [0.5, 0.6) is 0 Å². The van der Waals surface area contributed by atoms with E-state index in [1.54, 1.807) is 7.11 Å². The molecular formula is C13H19BrN2O2. The summed E-state index contributed by atoms with van der Waals surface area (Å²) in [4.78, 5) is 19.3. The summed E-state index contributed by atoms with van der Waals surface area (Å²) >= 11 is 3.26. The van der Waals surface area contributed by atoms with Crippen molar-refractivity contribution >= 4 is 15.9 Å². The first kappa shape index (κ1) is 13.7. The number of rotatable bonds is 4. The summed E-state index contributed by atoms with van der Waals surface area (Å²) in [6.07, 6.45) is 4.70. The number of nitrogens with one attached hydrogen (secondary N) is 1. The number of nitrogens with zero attached hydrogens (tertiary/aromatic N) is 1. The molecular weight excluding hydrogens is 296 g/mol. The van der Waals surface area contributed by atoms with Gasteiger partial charge in [-0.05, 0) is 41.1 Å². The highest BCUT2D eigenvalue weighted by atomic mass is 79.9. The van der Waals surface area contributed by atoms with Crippen LogP contribution in [0.3, 0.4) is 0 Å². The first-order valence-electron chi connectivity index (χ1n) is 6.43. The highest BCUT2D eigenvalue weighted by Gasteiger charge is 2.27. The zero-order valence-corrected chi connectivity index (χ0v) is 12.4. The Bertz CT molecular complexity index is 473. The molecule has 0 aliphatic heterocycles. The first-order valence-corrected chi connectivity index (χ1v) is 7.22. The van der Waals surface area contributed by atoms with Gasteiger partial charge in [0, 0.05) is 13.0 Å². The Morgan fingerprint density at radius 2 is 2.28 bits per heavy atom. The van der Waals surface area contributed by atoms with E-state index in [9.17, 15) is 4.79 Å². The Balaban J connectivity index is 2.26. The van der Waals surface area contributed by atoms with Gasteiger partial charge < -0.3 is 9.72 Å². The molecule has 1 aromatic heterocycles. The van der Waals surface area contributed by atoms with Crippen LogP contribution in [-0.2, 0) is 11.3 Å². The van der Waals surface area contributed by atoms with E-state index in [1.807, 2.05) is 0 Å². The Labute approximate surface area is 115 Å². The van der Waals surface area contributed by atoms with Crippen LogP contribution in [0.2, 0.25) is 0 Å². The standard InChI is InChI=1S/C13H19BrN2O2/c1-3-8-4-5-9(6-8)12-15-10(7-18-2)11(14)13(17)16-12/h8-9H,3-7H2,1-2H3,(H,15,16,17). The van der Waals surface area contributed by atoms with Gasteiger partial charge in [-0.2, -0.15) is 0 Å². The average molecular weight is 315 g/mol. The van der Waals surface area contributed by atoms with Gasteiger partial charge in [0.25, 0.3) is 5.56 Å². The molecule has 2 rings (SSSR count). The lowest BCUT2D eigenvalue weighted by atomic mass is 10.0. The maximum absolute atomic E-state index is 11.8. The fraction of sp³-hybridized carbons (Fsp3) is 0.692. The quantitative estimate of drug-likeness (QED) is 0.929. The minimum atomic E-state index is -0.105. The lowest BCUT2D eigenvalue weighted by Gasteiger charge is -2.11. The van der Waals surface area contributed by atoms with Crippen molar-refractivity contribution in [1.82, 2.24) is 9.97 Å². The van der Waals surface area contributed by atoms with E-state index in [0.717, 1.165) is 24.6 Å². The highest BCUT2D eigenvalue weighted by molar-refractivity contribution is 9.10. The Hall–Kier alpha value is -0.680. The van der Waals surface area contributed by atoms with Crippen LogP contribution in [0, 0.1) is 5.92 Å². The number of halogens is 1. The topological polar surface area (TPSA) is 55.0 Å². The molecule has 1 fully saturated rings. The molecule has 1 aliphatic carbocycles. The summed E-state index contributed by atoms with van der Waals surface area (Å²) in [5, 5.41) is 0. The molecule has 1 N–H and O–H groups in total. The van der Waals surface area contributed by atoms with E-state index in [0.29, 0.717) is 22.7 Å². The van der Waals surface area contributed by atoms with Crippen molar-refractivity contribution in [2.75, 3.05) is 7.11 Å². The Morgan fingerprint density at radius 3 is 2.89 bits per heavy atom. The number of H-pyrrole nitrogens is 1. The van der Waals surface area contributed by atoms with Gasteiger partial charge >= 0.3 is 0 Å². The lowest BCUT2D eigenvalue weighted by molar-refractivity contribution is 0.180. The molecule has 0 amide bonds. The smallest absolute Gasteiger partial charge is 0.265 e. The van der Waals surface area contributed by atoms with Gasteiger partial charge in [-0.15, -0.1) is 0 Å². The number of ether oxygens (including phenoxy) is 1. The monoisotopic (exact) mass is 314 g/mol. The molecule has 1 aromatic rings. The molecule has 0 aromatic carbocycles. The maximum atomic E-state index is 11.8. The lowest BCUT2D eigenvalue weighted by Crippen LogP contribution is -2.17. The third-order valence-electron chi connectivity index (χ3n) is 3.74. The summed E-state index contributed by atoms with van der Waals surface area (Å²) < 4.78 is 5.56. The molecule has 1 saturated carbocycles. The number of methoxy groups -OCH3 is 1. The van der Waals surface area contributed by atoms with Crippen LogP contribution in [0.4, 0.5) is 0 Å². The van der Waals surface area contributed by atoms with Gasteiger partial charge in [-0.3, -0.25) is 4.79 Å². The largest absolute Gasteiger partial charge is 0.378 e. The second-order valence-corrected chi connectivity index (χ2v) is 5.72. The van der Waals surface area contributed by atoms with Crippen LogP contribution in [0.15, 0.2) is 9.27 Å². The highest BCUT2D eigenvalue weighted by Crippen LogP contribution is 2.38. The van der Waals surface area contributed by atoms with Gasteiger partial charge in [0.1, 0.15) is 10.3 Å². The summed E-state index contributed by atoms with van der Waals surface area (Å²) in [5.74, 6) is 1.99. The van der Waals surface area contributed by atoms with E-state index in [-0.39, 0.29) is 5.56 Å². The molecule has 1 aliphatic rings. The third kappa shape index (κ3) is 2.83. The number of aromatic nitrogens is 2. The van der Waals surface area contributed by atoms with Crippen molar-refractivity contribution in [3.05, 3.63) is 26.3 Å². The van der Waals surface area contributed by atoms with Crippen molar-refractivity contribution in [1.29, 1.82) is 0 Å². The number of hydrogen-bond donors (Lipinski definition) is 1. The minimum Gasteiger partial charge on any atom is -0.378 e. The van der Waals surface area contributed by atoms with Crippen molar-refractivity contribution in [3.63, 3.8) is 0 Å². The van der Waals surface area contributed by atoms with E-state index in [2.05, 4.69) is 32.8 Å². The Kier molecular flexibility index (Phi) is 4.56. The Morgan fingerprint density at radius 1 is 1.50 bits per heavy atom. The van der Waals surface area contributed by atoms with Gasteiger partial charge in [0.15, 0.2) is 0 Å². The van der Waals surface area contributed by atoms with Gasteiger partial charge in [-0.1, -0.05) is 13.3 Å². The zero-order chi connectivity index (χ0) is 13.1. The van der Waals surface area contributed by atoms with Gasteiger partial charge in [0.05, 0.1) is 12.3 Å². The van der Waals surface area contributed by atoms with Crippen molar-refractivity contribution in [3.8, 4) is 0 Å². The number of aromatic amines is 1. The normalized spacial score (nSPS) is 23.5. The molecule has 0 radical (unpaired) electrons. The molecule has 0 bridgehead atoms. The molecule has 0 saturated heterocycles. The minimum absolute atomic E-state index is 0.105. The third-order valence-corrected chi connectivity index (χ3v) is 4.55. The second-order valence-electron chi connectivity index (χ2n) is 4.93. The van der Waals surface area contributed by atoms with Gasteiger partial charge in [-0.25, -0.2) is 4.98 Å². The molecule has 2 atom stereocenters. The van der Waals surface area contributed by atoms with Crippen LogP contribution in [0.25, 0.3) is 0 Å².